The maximum atomic E-state index is 12.7. The number of carbonyl (C=O) groups is 1. The van der Waals surface area contributed by atoms with E-state index in [1.165, 1.54) is 6.07 Å². The molecule has 2 aromatic carbocycles. The van der Waals surface area contributed by atoms with E-state index >= 15 is 0 Å². The van der Waals surface area contributed by atoms with E-state index in [0.29, 0.717) is 25.2 Å². The number of amides is 1. The third-order valence-electron chi connectivity index (χ3n) is 5.13. The topological polar surface area (TPSA) is 105 Å². The van der Waals surface area contributed by atoms with Gasteiger partial charge in [0.05, 0.1) is 11.4 Å². The van der Waals surface area contributed by atoms with Gasteiger partial charge in [-0.25, -0.2) is 13.1 Å². The highest BCUT2D eigenvalue weighted by atomic mass is 32.2. The van der Waals surface area contributed by atoms with Crippen LogP contribution in [0.5, 0.6) is 0 Å². The van der Waals surface area contributed by atoms with Gasteiger partial charge in [-0.3, -0.25) is 4.79 Å². The molecular formula is C21H22N4O4S. The van der Waals surface area contributed by atoms with Crippen molar-refractivity contribution in [1.82, 2.24) is 14.9 Å². The van der Waals surface area contributed by atoms with Crippen molar-refractivity contribution >= 4 is 21.6 Å². The van der Waals surface area contributed by atoms with Crippen molar-refractivity contribution < 1.29 is 17.7 Å². The standard InChI is InChI=1S/C21H22N4O4S/c1-3-20(26)25-11-10-15-12-16(8-9-18(15)25)30(27,28)22-13-19-23-21(24-29-19)17-7-5-4-6-14(17)2/h4-9,12,22H,3,10-11,13H2,1-2H3. The number of sulfonamides is 1. The zero-order valence-electron chi connectivity index (χ0n) is 16.8. The van der Waals surface area contributed by atoms with E-state index in [0.717, 1.165) is 22.4 Å². The molecule has 0 fully saturated rings. The van der Waals surface area contributed by atoms with Gasteiger partial charge < -0.3 is 9.42 Å². The average Bonchev–Trinajstić information content (AvgIpc) is 3.39. The van der Waals surface area contributed by atoms with E-state index in [1.54, 1.807) is 17.0 Å². The van der Waals surface area contributed by atoms with Gasteiger partial charge >= 0.3 is 0 Å². The largest absolute Gasteiger partial charge is 0.338 e. The van der Waals surface area contributed by atoms with Gasteiger partial charge in [-0.2, -0.15) is 4.98 Å². The second kappa shape index (κ2) is 8.00. The summed E-state index contributed by atoms with van der Waals surface area (Å²) >= 11 is 0. The quantitative estimate of drug-likeness (QED) is 0.650. The van der Waals surface area contributed by atoms with Crippen molar-refractivity contribution in [1.29, 1.82) is 0 Å². The molecule has 2 heterocycles. The number of rotatable bonds is 6. The van der Waals surface area contributed by atoms with E-state index in [9.17, 15) is 13.2 Å². The minimum Gasteiger partial charge on any atom is -0.338 e. The predicted octanol–water partition coefficient (Wildman–Crippen LogP) is 2.82. The van der Waals surface area contributed by atoms with Crippen molar-refractivity contribution in [2.75, 3.05) is 11.4 Å². The molecule has 4 rings (SSSR count). The van der Waals surface area contributed by atoms with Gasteiger partial charge in [0.1, 0.15) is 0 Å². The predicted molar refractivity (Wildman–Crippen MR) is 111 cm³/mol. The molecule has 0 saturated carbocycles. The number of nitrogens with zero attached hydrogens (tertiary/aromatic N) is 3. The molecule has 30 heavy (non-hydrogen) atoms. The average molecular weight is 426 g/mol. The van der Waals surface area contributed by atoms with E-state index in [2.05, 4.69) is 14.9 Å². The van der Waals surface area contributed by atoms with Gasteiger partial charge in [0, 0.05) is 24.2 Å². The second-order valence-corrected chi connectivity index (χ2v) is 8.86. The lowest BCUT2D eigenvalue weighted by Crippen LogP contribution is -2.27. The molecule has 0 atom stereocenters. The van der Waals surface area contributed by atoms with Crippen molar-refractivity contribution in [3.63, 3.8) is 0 Å². The van der Waals surface area contributed by atoms with Crippen molar-refractivity contribution in [2.45, 2.75) is 38.1 Å². The first-order valence-electron chi connectivity index (χ1n) is 9.70. The fourth-order valence-electron chi connectivity index (χ4n) is 3.50. The Morgan fingerprint density at radius 3 is 2.80 bits per heavy atom. The molecule has 0 spiro atoms. The Bertz CT molecular complexity index is 1200. The first-order chi connectivity index (χ1) is 14.4. The second-order valence-electron chi connectivity index (χ2n) is 7.09. The Morgan fingerprint density at radius 1 is 1.23 bits per heavy atom. The lowest BCUT2D eigenvalue weighted by molar-refractivity contribution is -0.118. The minimum absolute atomic E-state index is 0.0309. The number of aryl methyl sites for hydroxylation is 1. The molecular weight excluding hydrogens is 404 g/mol. The monoisotopic (exact) mass is 426 g/mol. The lowest BCUT2D eigenvalue weighted by atomic mass is 10.1. The van der Waals surface area contributed by atoms with Gasteiger partial charge in [0.2, 0.25) is 27.6 Å². The number of anilines is 1. The Balaban J connectivity index is 1.48. The molecule has 156 valence electrons. The lowest BCUT2D eigenvalue weighted by Gasteiger charge is -2.16. The van der Waals surface area contributed by atoms with Crippen LogP contribution in [-0.4, -0.2) is 31.0 Å². The first-order valence-corrected chi connectivity index (χ1v) is 11.2. The minimum atomic E-state index is -3.77. The van der Waals surface area contributed by atoms with Gasteiger partial charge in [0.15, 0.2) is 0 Å². The molecule has 9 heteroatoms. The summed E-state index contributed by atoms with van der Waals surface area (Å²) in [6.07, 6.45) is 1.05. The van der Waals surface area contributed by atoms with Crippen LogP contribution in [0.4, 0.5) is 5.69 Å². The summed E-state index contributed by atoms with van der Waals surface area (Å²) < 4.78 is 33.2. The van der Waals surface area contributed by atoms with Crippen molar-refractivity contribution in [3.8, 4) is 11.4 Å². The maximum absolute atomic E-state index is 12.7. The summed E-state index contributed by atoms with van der Waals surface area (Å²) in [4.78, 5) is 18.1. The molecule has 0 saturated heterocycles. The van der Waals surface area contributed by atoms with E-state index in [-0.39, 0.29) is 23.2 Å². The highest BCUT2D eigenvalue weighted by Gasteiger charge is 2.26. The highest BCUT2D eigenvalue weighted by Crippen LogP contribution is 2.30. The van der Waals surface area contributed by atoms with Crippen LogP contribution in [0.25, 0.3) is 11.4 Å². The molecule has 0 bridgehead atoms. The van der Waals surface area contributed by atoms with Crippen LogP contribution in [0.15, 0.2) is 51.9 Å². The van der Waals surface area contributed by atoms with Crippen LogP contribution >= 0.6 is 0 Å². The van der Waals surface area contributed by atoms with Gasteiger partial charge in [0.25, 0.3) is 0 Å². The summed E-state index contributed by atoms with van der Waals surface area (Å²) in [5.41, 5.74) is 3.46. The molecule has 0 unspecified atom stereocenters. The summed E-state index contributed by atoms with van der Waals surface area (Å²) in [6.45, 7) is 4.21. The van der Waals surface area contributed by atoms with Crippen LogP contribution < -0.4 is 9.62 Å². The highest BCUT2D eigenvalue weighted by molar-refractivity contribution is 7.89. The fourth-order valence-corrected chi connectivity index (χ4v) is 4.52. The SMILES string of the molecule is CCC(=O)N1CCc2cc(S(=O)(=O)NCc3nc(-c4ccccc4C)no3)ccc21. The van der Waals surface area contributed by atoms with Crippen LogP contribution in [-0.2, 0) is 27.8 Å². The summed E-state index contributed by atoms with van der Waals surface area (Å²) in [7, 11) is -3.77. The zero-order valence-corrected chi connectivity index (χ0v) is 17.6. The van der Waals surface area contributed by atoms with Gasteiger partial charge in [-0.15, -0.1) is 0 Å². The zero-order chi connectivity index (χ0) is 21.3. The Hall–Kier alpha value is -3.04. The van der Waals surface area contributed by atoms with Gasteiger partial charge in [-0.05, 0) is 42.7 Å². The van der Waals surface area contributed by atoms with Crippen molar-refractivity contribution in [2.24, 2.45) is 0 Å². The van der Waals surface area contributed by atoms with Crippen LogP contribution in [0.1, 0.15) is 30.4 Å². The molecule has 0 radical (unpaired) electrons. The number of aromatic nitrogens is 2. The van der Waals surface area contributed by atoms with Crippen LogP contribution in [0.2, 0.25) is 0 Å². The number of nitrogens with one attached hydrogen (secondary N) is 1. The summed E-state index contributed by atoms with van der Waals surface area (Å²) in [6, 6.07) is 12.4. The van der Waals surface area contributed by atoms with Crippen LogP contribution in [0, 0.1) is 6.92 Å². The molecule has 1 amide bonds. The van der Waals surface area contributed by atoms with E-state index in [1.807, 2.05) is 38.1 Å². The number of carbonyl (C=O) groups excluding carboxylic acids is 1. The Morgan fingerprint density at radius 2 is 2.03 bits per heavy atom. The first kappa shape index (κ1) is 20.2. The van der Waals surface area contributed by atoms with E-state index < -0.39 is 10.0 Å². The maximum Gasteiger partial charge on any atom is 0.242 e. The number of hydrogen-bond acceptors (Lipinski definition) is 6. The molecule has 3 aromatic rings. The number of benzene rings is 2. The molecule has 1 N–H and O–H groups in total. The molecule has 0 aliphatic carbocycles. The van der Waals surface area contributed by atoms with Crippen LogP contribution in [0.3, 0.4) is 0 Å². The number of hydrogen-bond donors (Lipinski definition) is 1. The smallest absolute Gasteiger partial charge is 0.242 e. The fraction of sp³-hybridized carbons (Fsp3) is 0.286. The van der Waals surface area contributed by atoms with Crippen molar-refractivity contribution in [3.05, 3.63) is 59.5 Å². The summed E-state index contributed by atoms with van der Waals surface area (Å²) in [5, 5.41) is 3.94. The normalized spacial score (nSPS) is 13.5. The Labute approximate surface area is 175 Å². The third kappa shape index (κ3) is 3.86. The third-order valence-corrected chi connectivity index (χ3v) is 6.53. The Kier molecular flexibility index (Phi) is 5.40. The molecule has 1 aliphatic rings. The summed E-state index contributed by atoms with van der Waals surface area (Å²) in [5.74, 6) is 0.626. The van der Waals surface area contributed by atoms with Gasteiger partial charge in [-0.1, -0.05) is 36.3 Å². The molecule has 1 aliphatic heterocycles. The van der Waals surface area contributed by atoms with E-state index in [4.69, 9.17) is 4.52 Å². The molecule has 1 aromatic heterocycles. The number of fused-ring (bicyclic) bond motifs is 1. The molecule has 8 nitrogen and oxygen atoms in total.